The molecule has 0 bridgehead atoms. The van der Waals surface area contributed by atoms with Gasteiger partial charge in [0.25, 0.3) is 0 Å². The zero-order chi connectivity index (χ0) is 19.2. The summed E-state index contributed by atoms with van der Waals surface area (Å²) < 4.78 is 1.86. The number of anilines is 1. The number of halogens is 3. The predicted molar refractivity (Wildman–Crippen MR) is 126 cm³/mol. The molecule has 0 aromatic carbocycles. The number of pyridine rings is 1. The van der Waals surface area contributed by atoms with Crippen LogP contribution in [0.1, 0.15) is 24.8 Å². The smallest absolute Gasteiger partial charge is 0.193 e. The maximum atomic E-state index is 6.13. The average Bonchev–Trinajstić information content (AvgIpc) is 3.28. The van der Waals surface area contributed by atoms with Crippen LogP contribution in [0.25, 0.3) is 0 Å². The van der Waals surface area contributed by atoms with E-state index in [-0.39, 0.29) is 24.0 Å². The number of hydrogen-bond acceptors (Lipinski definition) is 4. The second-order valence-electron chi connectivity index (χ2n) is 6.53. The molecule has 2 aromatic heterocycles. The van der Waals surface area contributed by atoms with Crippen molar-refractivity contribution in [1.29, 1.82) is 0 Å². The summed E-state index contributed by atoms with van der Waals surface area (Å²) in [6.07, 6.45) is 6.75. The van der Waals surface area contributed by atoms with Crippen LogP contribution < -0.4 is 10.6 Å². The molecule has 2 N–H and O–H groups in total. The molecule has 1 aliphatic heterocycles. The number of likely N-dealkylation sites (tertiary alicyclic amines) is 1. The number of aliphatic imine (C=N–C) groups is 1. The van der Waals surface area contributed by atoms with Gasteiger partial charge >= 0.3 is 0 Å². The van der Waals surface area contributed by atoms with Crippen molar-refractivity contribution in [1.82, 2.24) is 25.0 Å². The number of rotatable bonds is 6. The minimum absolute atomic E-state index is 0. The molecule has 0 aliphatic carbocycles. The molecule has 7 nitrogen and oxygen atoms in total. The van der Waals surface area contributed by atoms with Crippen LogP contribution in [0.15, 0.2) is 29.6 Å². The SMILES string of the molecule is CCNC(=NCCNc1ncc(Cl)cc1Cl)N1CCC(c2cnn(C)c2)C1.I. The van der Waals surface area contributed by atoms with Crippen LogP contribution in [0.3, 0.4) is 0 Å². The number of hydrogen-bond donors (Lipinski definition) is 2. The highest BCUT2D eigenvalue weighted by molar-refractivity contribution is 14.0. The summed E-state index contributed by atoms with van der Waals surface area (Å²) >= 11 is 12.0. The van der Waals surface area contributed by atoms with Gasteiger partial charge in [-0.15, -0.1) is 24.0 Å². The van der Waals surface area contributed by atoms with E-state index in [1.807, 2.05) is 17.9 Å². The molecule has 1 atom stereocenters. The third-order valence-corrected chi connectivity index (χ3v) is 4.99. The standard InChI is InChI=1S/C18H25Cl2N7.HI/c1-3-21-18(23-6-5-22-17-16(20)8-15(19)10-24-17)27-7-4-13(12-27)14-9-25-26(2)11-14;/h8-11,13H,3-7,12H2,1-2H3,(H,21,23)(H,22,24);1H. The van der Waals surface area contributed by atoms with Gasteiger partial charge in [0.2, 0.25) is 0 Å². The van der Waals surface area contributed by atoms with E-state index in [1.165, 1.54) is 5.56 Å². The van der Waals surface area contributed by atoms with Gasteiger partial charge in [0.1, 0.15) is 5.82 Å². The molecule has 1 fully saturated rings. The van der Waals surface area contributed by atoms with Crippen molar-refractivity contribution in [2.75, 3.05) is 38.0 Å². The summed E-state index contributed by atoms with van der Waals surface area (Å²) in [5, 5.41) is 11.9. The van der Waals surface area contributed by atoms with Gasteiger partial charge in [-0.1, -0.05) is 23.2 Å². The van der Waals surface area contributed by atoms with E-state index in [0.717, 1.165) is 32.0 Å². The Labute approximate surface area is 192 Å². The molecule has 1 unspecified atom stereocenters. The van der Waals surface area contributed by atoms with Gasteiger partial charge < -0.3 is 15.5 Å². The molecule has 1 saturated heterocycles. The molecule has 10 heteroatoms. The highest BCUT2D eigenvalue weighted by Gasteiger charge is 2.26. The van der Waals surface area contributed by atoms with Crippen LogP contribution in [-0.2, 0) is 7.05 Å². The first-order valence-electron chi connectivity index (χ1n) is 9.13. The fourth-order valence-electron chi connectivity index (χ4n) is 3.18. The number of guanidine groups is 1. The quantitative estimate of drug-likeness (QED) is 0.255. The molecule has 28 heavy (non-hydrogen) atoms. The maximum Gasteiger partial charge on any atom is 0.193 e. The average molecular weight is 538 g/mol. The molecular formula is C18H26Cl2IN7. The molecule has 0 radical (unpaired) electrons. The summed E-state index contributed by atoms with van der Waals surface area (Å²) in [4.78, 5) is 11.3. The van der Waals surface area contributed by atoms with Crippen LogP contribution in [-0.4, -0.2) is 58.3 Å². The van der Waals surface area contributed by atoms with Crippen molar-refractivity contribution in [3.05, 3.63) is 40.3 Å². The molecule has 3 heterocycles. The van der Waals surface area contributed by atoms with E-state index in [2.05, 4.69) is 38.7 Å². The molecule has 0 saturated carbocycles. The fraction of sp³-hybridized carbons (Fsp3) is 0.500. The van der Waals surface area contributed by atoms with Gasteiger partial charge in [-0.3, -0.25) is 9.67 Å². The first-order chi connectivity index (χ1) is 13.1. The van der Waals surface area contributed by atoms with Crippen LogP contribution >= 0.6 is 47.2 Å². The topological polar surface area (TPSA) is 70.4 Å². The van der Waals surface area contributed by atoms with Crippen LogP contribution in [0, 0.1) is 0 Å². The van der Waals surface area contributed by atoms with E-state index >= 15 is 0 Å². The van der Waals surface area contributed by atoms with Crippen LogP contribution in [0.5, 0.6) is 0 Å². The Balaban J connectivity index is 0.00000280. The Morgan fingerprint density at radius 2 is 2.18 bits per heavy atom. The molecule has 154 valence electrons. The summed E-state index contributed by atoms with van der Waals surface area (Å²) in [6, 6.07) is 1.68. The minimum atomic E-state index is 0. The van der Waals surface area contributed by atoms with Crippen molar-refractivity contribution in [3.8, 4) is 0 Å². The zero-order valence-corrected chi connectivity index (χ0v) is 19.9. The minimum Gasteiger partial charge on any atom is -0.367 e. The Morgan fingerprint density at radius 3 is 2.86 bits per heavy atom. The van der Waals surface area contributed by atoms with Crippen molar-refractivity contribution in [3.63, 3.8) is 0 Å². The summed E-state index contributed by atoms with van der Waals surface area (Å²) in [5.74, 6) is 2.07. The lowest BCUT2D eigenvalue weighted by Crippen LogP contribution is -2.40. The van der Waals surface area contributed by atoms with Gasteiger partial charge in [0, 0.05) is 51.5 Å². The largest absolute Gasteiger partial charge is 0.367 e. The summed E-state index contributed by atoms with van der Waals surface area (Å²) in [5.41, 5.74) is 1.29. The summed E-state index contributed by atoms with van der Waals surface area (Å²) in [6.45, 7) is 6.13. The van der Waals surface area contributed by atoms with E-state index in [0.29, 0.717) is 34.9 Å². The highest BCUT2D eigenvalue weighted by Crippen LogP contribution is 2.26. The Morgan fingerprint density at radius 1 is 1.36 bits per heavy atom. The van der Waals surface area contributed by atoms with Crippen molar-refractivity contribution < 1.29 is 0 Å². The van der Waals surface area contributed by atoms with E-state index in [9.17, 15) is 0 Å². The molecule has 0 spiro atoms. The van der Waals surface area contributed by atoms with Gasteiger partial charge in [-0.05, 0) is 25.0 Å². The number of aromatic nitrogens is 3. The normalized spacial score (nSPS) is 16.8. The fourth-order valence-corrected chi connectivity index (χ4v) is 3.63. The summed E-state index contributed by atoms with van der Waals surface area (Å²) in [7, 11) is 1.95. The maximum absolute atomic E-state index is 6.13. The molecule has 3 rings (SSSR count). The zero-order valence-electron chi connectivity index (χ0n) is 16.0. The van der Waals surface area contributed by atoms with E-state index < -0.39 is 0 Å². The van der Waals surface area contributed by atoms with Gasteiger partial charge in [-0.2, -0.15) is 5.10 Å². The second kappa shape index (κ2) is 11.1. The van der Waals surface area contributed by atoms with Gasteiger partial charge in [-0.25, -0.2) is 4.98 Å². The number of aryl methyl sites for hydroxylation is 1. The Bertz CT molecular complexity index is 796. The lowest BCUT2D eigenvalue weighted by Gasteiger charge is -2.21. The lowest BCUT2D eigenvalue weighted by atomic mass is 10.0. The van der Waals surface area contributed by atoms with Crippen LogP contribution in [0.4, 0.5) is 5.82 Å². The first kappa shape index (κ1) is 23.0. The highest BCUT2D eigenvalue weighted by atomic mass is 127. The van der Waals surface area contributed by atoms with Crippen molar-refractivity contribution in [2.45, 2.75) is 19.3 Å². The molecule has 0 amide bonds. The van der Waals surface area contributed by atoms with E-state index in [4.69, 9.17) is 28.2 Å². The lowest BCUT2D eigenvalue weighted by molar-refractivity contribution is 0.486. The van der Waals surface area contributed by atoms with Gasteiger partial charge in [0.05, 0.1) is 22.8 Å². The predicted octanol–water partition coefficient (Wildman–Crippen LogP) is 3.61. The molecule has 1 aliphatic rings. The third kappa shape index (κ3) is 6.12. The first-order valence-corrected chi connectivity index (χ1v) is 9.89. The molecule has 2 aromatic rings. The Hall–Kier alpha value is -1.26. The number of nitrogens with one attached hydrogen (secondary N) is 2. The van der Waals surface area contributed by atoms with E-state index in [1.54, 1.807) is 12.3 Å². The second-order valence-corrected chi connectivity index (χ2v) is 7.37. The van der Waals surface area contributed by atoms with Crippen LogP contribution in [0.2, 0.25) is 10.0 Å². The Kier molecular flexibility index (Phi) is 9.10. The van der Waals surface area contributed by atoms with Crippen molar-refractivity contribution in [2.24, 2.45) is 12.0 Å². The molecular weight excluding hydrogens is 512 g/mol. The monoisotopic (exact) mass is 537 g/mol. The number of nitrogens with zero attached hydrogens (tertiary/aromatic N) is 5. The third-order valence-electron chi connectivity index (χ3n) is 4.49. The van der Waals surface area contributed by atoms with Crippen molar-refractivity contribution >= 4 is 59.0 Å². The van der Waals surface area contributed by atoms with Gasteiger partial charge in [0.15, 0.2) is 5.96 Å².